The van der Waals surface area contributed by atoms with Crippen molar-refractivity contribution >= 4 is 11.7 Å². The Bertz CT molecular complexity index is 876. The predicted molar refractivity (Wildman–Crippen MR) is 87.1 cm³/mol. The second-order valence-corrected chi connectivity index (χ2v) is 6.49. The third-order valence-corrected chi connectivity index (χ3v) is 4.42. The Hall–Kier alpha value is -2.63. The molecule has 0 atom stereocenters. The number of anilines is 1. The molecule has 12 heteroatoms. The molecule has 148 valence electrons. The first-order chi connectivity index (χ1) is 12.6. The number of piperidine rings is 1. The number of nitrogens with zero attached hydrogens (tertiary/aromatic N) is 5. The van der Waals surface area contributed by atoms with Gasteiger partial charge in [0.25, 0.3) is 0 Å². The van der Waals surface area contributed by atoms with Crippen LogP contribution in [-0.4, -0.2) is 49.9 Å². The Morgan fingerprint density at radius 2 is 2.04 bits per heavy atom. The molecular weight excluding hydrogens is 369 g/mol. The fraction of sp³-hybridized carbons (Fsp3) is 0.600. The van der Waals surface area contributed by atoms with Gasteiger partial charge in [-0.25, -0.2) is 9.48 Å². The summed E-state index contributed by atoms with van der Waals surface area (Å²) in [5.74, 6) is -0.578. The van der Waals surface area contributed by atoms with E-state index in [-0.39, 0.29) is 12.5 Å². The predicted octanol–water partition coefficient (Wildman–Crippen LogP) is 1.17. The Morgan fingerprint density at radius 3 is 2.56 bits per heavy atom. The van der Waals surface area contributed by atoms with E-state index in [0.29, 0.717) is 42.1 Å². The number of hydrogen-bond donors (Lipinski definition) is 1. The molecule has 3 heterocycles. The zero-order valence-corrected chi connectivity index (χ0v) is 14.8. The third kappa shape index (κ3) is 4.21. The van der Waals surface area contributed by atoms with E-state index in [1.807, 2.05) is 4.90 Å². The van der Waals surface area contributed by atoms with Crippen LogP contribution < -0.4 is 11.0 Å². The number of likely N-dealkylation sites (tertiary alicyclic amines) is 1. The molecule has 9 nitrogen and oxygen atoms in total. The molecule has 1 aliphatic rings. The zero-order chi connectivity index (χ0) is 19.8. The first-order valence-electron chi connectivity index (χ1n) is 8.33. The molecule has 1 saturated heterocycles. The number of carbonyl (C=O) groups excluding carboxylic acids is 1. The van der Waals surface area contributed by atoms with Gasteiger partial charge in [0.15, 0.2) is 5.82 Å². The quantitative estimate of drug-likeness (QED) is 0.845. The second-order valence-electron chi connectivity index (χ2n) is 6.49. The van der Waals surface area contributed by atoms with E-state index in [0.717, 1.165) is 11.7 Å². The van der Waals surface area contributed by atoms with Crippen molar-refractivity contribution in [2.24, 2.45) is 7.05 Å². The van der Waals surface area contributed by atoms with Crippen molar-refractivity contribution in [3.8, 4) is 0 Å². The van der Waals surface area contributed by atoms with Crippen LogP contribution in [0.4, 0.5) is 19.0 Å². The van der Waals surface area contributed by atoms with Gasteiger partial charge in [-0.2, -0.15) is 13.2 Å². The average Bonchev–Trinajstić information content (AvgIpc) is 3.12. The number of rotatable bonds is 4. The van der Waals surface area contributed by atoms with Gasteiger partial charge < -0.3 is 9.84 Å². The summed E-state index contributed by atoms with van der Waals surface area (Å²) >= 11 is 0. The summed E-state index contributed by atoms with van der Waals surface area (Å²) < 4.78 is 45.0. The van der Waals surface area contributed by atoms with Crippen LogP contribution in [0.3, 0.4) is 0 Å². The largest absolute Gasteiger partial charge is 0.451 e. The van der Waals surface area contributed by atoms with E-state index in [2.05, 4.69) is 15.6 Å². The van der Waals surface area contributed by atoms with Crippen molar-refractivity contribution in [3.05, 3.63) is 28.1 Å². The van der Waals surface area contributed by atoms with Crippen LogP contribution in [0.25, 0.3) is 0 Å². The van der Waals surface area contributed by atoms with Gasteiger partial charge in [-0.15, -0.1) is 5.10 Å². The van der Waals surface area contributed by atoms with Crippen LogP contribution in [0.5, 0.6) is 0 Å². The molecule has 0 spiro atoms. The molecule has 0 bridgehead atoms. The van der Waals surface area contributed by atoms with Gasteiger partial charge in [-0.1, -0.05) is 5.16 Å². The van der Waals surface area contributed by atoms with Gasteiger partial charge in [0, 0.05) is 26.2 Å². The molecule has 2 aromatic rings. The van der Waals surface area contributed by atoms with Crippen molar-refractivity contribution in [1.82, 2.24) is 24.4 Å². The molecule has 0 radical (unpaired) electrons. The molecule has 1 aliphatic heterocycles. The van der Waals surface area contributed by atoms with E-state index in [1.54, 1.807) is 13.0 Å². The summed E-state index contributed by atoms with van der Waals surface area (Å²) in [6.07, 6.45) is -3.84. The summed E-state index contributed by atoms with van der Waals surface area (Å²) in [5.41, 5.74) is -0.792. The average molecular weight is 388 g/mol. The maximum absolute atomic E-state index is 12.9. The normalized spacial score (nSPS) is 16.6. The number of carbonyl (C=O) groups is 1. The molecule has 0 aliphatic carbocycles. The summed E-state index contributed by atoms with van der Waals surface area (Å²) in [5, 5.41) is 9.76. The number of amides is 1. The van der Waals surface area contributed by atoms with Crippen LogP contribution in [0.1, 0.15) is 30.5 Å². The van der Waals surface area contributed by atoms with Gasteiger partial charge in [0.2, 0.25) is 11.7 Å². The fourth-order valence-electron chi connectivity index (χ4n) is 3.07. The molecule has 0 unspecified atom stereocenters. The molecule has 0 saturated carbocycles. The maximum Gasteiger partial charge on any atom is 0.451 e. The standard InChI is InChI=1S/C15H19F3N6O3/c1-9-7-11(21-27-9)19-12(25)8-23-5-3-10(4-6-23)24-14(26)22(2)13(20-24)15(16,17)18/h7,10H,3-6,8H2,1-2H3,(H,19,21,25). The number of hydrogen-bond acceptors (Lipinski definition) is 6. The number of aryl methyl sites for hydroxylation is 1. The van der Waals surface area contributed by atoms with Crippen LogP contribution in [0.15, 0.2) is 15.4 Å². The van der Waals surface area contributed by atoms with Crippen molar-refractivity contribution in [2.75, 3.05) is 25.0 Å². The van der Waals surface area contributed by atoms with Crippen molar-refractivity contribution in [2.45, 2.75) is 32.0 Å². The number of aromatic nitrogens is 4. The molecule has 1 amide bonds. The molecular formula is C15H19F3N6O3. The summed E-state index contributed by atoms with van der Waals surface area (Å²) in [7, 11) is 1.06. The van der Waals surface area contributed by atoms with Crippen LogP contribution >= 0.6 is 0 Å². The van der Waals surface area contributed by atoms with E-state index in [1.165, 1.54) is 0 Å². The Labute approximate surface area is 151 Å². The summed E-state index contributed by atoms with van der Waals surface area (Å²) in [6, 6.07) is 1.16. The minimum atomic E-state index is -4.68. The van der Waals surface area contributed by atoms with Crippen LogP contribution in [0, 0.1) is 6.92 Å². The third-order valence-electron chi connectivity index (χ3n) is 4.42. The fourth-order valence-corrected chi connectivity index (χ4v) is 3.07. The minimum absolute atomic E-state index is 0.115. The van der Waals surface area contributed by atoms with Gasteiger partial charge in [-0.05, 0) is 19.8 Å². The van der Waals surface area contributed by atoms with Crippen LogP contribution in [-0.2, 0) is 18.0 Å². The summed E-state index contributed by atoms with van der Waals surface area (Å²) in [6.45, 7) is 2.74. The topological polar surface area (TPSA) is 98.2 Å². The zero-order valence-electron chi connectivity index (χ0n) is 14.8. The number of alkyl halides is 3. The van der Waals surface area contributed by atoms with E-state index >= 15 is 0 Å². The Kier molecular flexibility index (Phi) is 5.09. The highest BCUT2D eigenvalue weighted by Gasteiger charge is 2.39. The highest BCUT2D eigenvalue weighted by molar-refractivity contribution is 5.91. The van der Waals surface area contributed by atoms with Crippen molar-refractivity contribution in [3.63, 3.8) is 0 Å². The Balaban J connectivity index is 1.58. The smallest absolute Gasteiger partial charge is 0.360 e. The lowest BCUT2D eigenvalue weighted by Gasteiger charge is -2.30. The molecule has 1 N–H and O–H groups in total. The van der Waals surface area contributed by atoms with Gasteiger partial charge >= 0.3 is 11.9 Å². The first kappa shape index (κ1) is 19.1. The lowest BCUT2D eigenvalue weighted by Crippen LogP contribution is -2.41. The lowest BCUT2D eigenvalue weighted by atomic mass is 10.1. The SMILES string of the molecule is Cc1cc(NC(=O)CN2CCC(n3nc(C(F)(F)F)n(C)c3=O)CC2)no1. The highest BCUT2D eigenvalue weighted by Crippen LogP contribution is 2.28. The Morgan fingerprint density at radius 1 is 1.37 bits per heavy atom. The minimum Gasteiger partial charge on any atom is -0.360 e. The molecule has 3 rings (SSSR count). The highest BCUT2D eigenvalue weighted by atomic mass is 19.4. The first-order valence-corrected chi connectivity index (χ1v) is 8.33. The monoisotopic (exact) mass is 388 g/mol. The molecule has 2 aromatic heterocycles. The second kappa shape index (κ2) is 7.18. The van der Waals surface area contributed by atoms with Crippen LogP contribution in [0.2, 0.25) is 0 Å². The maximum atomic E-state index is 12.9. The number of nitrogens with one attached hydrogen (secondary N) is 1. The summed E-state index contributed by atoms with van der Waals surface area (Å²) in [4.78, 5) is 26.0. The van der Waals surface area contributed by atoms with Gasteiger partial charge in [-0.3, -0.25) is 14.3 Å². The molecule has 0 aromatic carbocycles. The van der Waals surface area contributed by atoms with E-state index < -0.39 is 23.7 Å². The van der Waals surface area contributed by atoms with Crippen molar-refractivity contribution < 1.29 is 22.5 Å². The number of halogens is 3. The van der Waals surface area contributed by atoms with Gasteiger partial charge in [0.05, 0.1) is 12.6 Å². The van der Waals surface area contributed by atoms with Gasteiger partial charge in [0.1, 0.15) is 5.76 Å². The lowest BCUT2D eigenvalue weighted by molar-refractivity contribution is -0.147. The molecule has 1 fully saturated rings. The van der Waals surface area contributed by atoms with E-state index in [9.17, 15) is 22.8 Å². The van der Waals surface area contributed by atoms with Crippen molar-refractivity contribution in [1.29, 1.82) is 0 Å². The molecule has 27 heavy (non-hydrogen) atoms. The van der Waals surface area contributed by atoms with E-state index in [4.69, 9.17) is 4.52 Å².